The monoisotopic (exact) mass is 490 g/mol. The van der Waals surface area contributed by atoms with Gasteiger partial charge in [-0.25, -0.2) is 22.9 Å². The van der Waals surface area contributed by atoms with Crippen molar-refractivity contribution < 1.29 is 22.7 Å². The Morgan fingerprint density at radius 2 is 2.00 bits per heavy atom. The third kappa shape index (κ3) is 7.15. The highest BCUT2D eigenvalue weighted by atomic mass is 32.2. The lowest BCUT2D eigenvalue weighted by molar-refractivity contribution is 0.0218. The number of aromatic nitrogens is 1. The number of nitrogens with one attached hydrogen (secondary N) is 1. The Morgan fingerprint density at radius 3 is 2.65 bits per heavy atom. The first-order chi connectivity index (χ1) is 15.8. The molecule has 0 aliphatic carbocycles. The summed E-state index contributed by atoms with van der Waals surface area (Å²) in [5, 5.41) is 0. The Hall–Kier alpha value is -2.69. The molecule has 3 rings (SSSR count). The molecule has 0 radical (unpaired) electrons. The molecule has 2 atom stereocenters. The van der Waals surface area contributed by atoms with Gasteiger partial charge in [-0.3, -0.25) is 0 Å². The van der Waals surface area contributed by atoms with E-state index in [1.54, 1.807) is 25.7 Å². The highest BCUT2D eigenvalue weighted by Gasteiger charge is 2.40. The number of rotatable bonds is 7. The van der Waals surface area contributed by atoms with Crippen LogP contribution in [-0.4, -0.2) is 54.9 Å². The number of carbonyl (C=O) groups is 1. The summed E-state index contributed by atoms with van der Waals surface area (Å²) in [7, 11) is -3.45. The lowest BCUT2D eigenvalue weighted by Gasteiger charge is -2.31. The van der Waals surface area contributed by atoms with Gasteiger partial charge >= 0.3 is 6.09 Å². The molecule has 3 N–H and O–H groups in total. The molecule has 0 bridgehead atoms. The minimum Gasteiger partial charge on any atom is -0.444 e. The standard InChI is InChI=1S/C24H34N4O5S/c1-16-9-10-18(15-25)26-22(16)32-19-8-6-7-17(13-19)14-21-20(27-34(5,30)31)11-12-28(21)23(29)33-24(2,3)4/h6-10,13,20-21,27H,11-12,14-15,25H2,1-5H3/t20-,21-/m0/s1. The molecular weight excluding hydrogens is 456 g/mol. The van der Waals surface area contributed by atoms with E-state index < -0.39 is 33.8 Å². The molecule has 2 aromatic rings. The number of nitrogens with two attached hydrogens (primary N) is 1. The highest BCUT2D eigenvalue weighted by Crippen LogP contribution is 2.28. The van der Waals surface area contributed by atoms with Gasteiger partial charge in [-0.05, 0) is 64.3 Å². The van der Waals surface area contributed by atoms with Gasteiger partial charge in [-0.15, -0.1) is 0 Å². The molecule has 1 aliphatic rings. The van der Waals surface area contributed by atoms with Gasteiger partial charge in [0.1, 0.15) is 11.4 Å². The summed E-state index contributed by atoms with van der Waals surface area (Å²) in [4.78, 5) is 18.9. The summed E-state index contributed by atoms with van der Waals surface area (Å²) in [6, 6.07) is 10.4. The number of likely N-dealkylation sites (tertiary alicyclic amines) is 1. The second kappa shape index (κ2) is 10.3. The van der Waals surface area contributed by atoms with Crippen LogP contribution in [-0.2, 0) is 27.7 Å². The van der Waals surface area contributed by atoms with E-state index >= 15 is 0 Å². The summed E-state index contributed by atoms with van der Waals surface area (Å²) < 4.78 is 38.2. The fourth-order valence-corrected chi connectivity index (χ4v) is 4.75. The molecule has 0 unspecified atom stereocenters. The number of aryl methyl sites for hydroxylation is 1. The zero-order valence-electron chi connectivity index (χ0n) is 20.4. The number of ether oxygens (including phenoxy) is 2. The van der Waals surface area contributed by atoms with E-state index in [2.05, 4.69) is 9.71 Å². The number of benzene rings is 1. The van der Waals surface area contributed by atoms with Crippen LogP contribution in [0.3, 0.4) is 0 Å². The average molecular weight is 491 g/mol. The van der Waals surface area contributed by atoms with Gasteiger partial charge in [0.15, 0.2) is 0 Å². The van der Waals surface area contributed by atoms with Crippen molar-refractivity contribution >= 4 is 16.1 Å². The first-order valence-electron chi connectivity index (χ1n) is 11.2. The van der Waals surface area contributed by atoms with Gasteiger partial charge in [-0.2, -0.15) is 0 Å². The number of hydrogen-bond acceptors (Lipinski definition) is 7. The average Bonchev–Trinajstić information content (AvgIpc) is 3.09. The first kappa shape index (κ1) is 25.9. The van der Waals surface area contributed by atoms with Crippen molar-refractivity contribution in [1.82, 2.24) is 14.6 Å². The van der Waals surface area contributed by atoms with Crippen LogP contribution in [0.1, 0.15) is 44.0 Å². The summed E-state index contributed by atoms with van der Waals surface area (Å²) in [5.41, 5.74) is 7.55. The zero-order chi connectivity index (χ0) is 25.1. The number of nitrogens with zero attached hydrogens (tertiary/aromatic N) is 2. The summed E-state index contributed by atoms with van der Waals surface area (Å²) in [6.45, 7) is 8.03. The molecule has 1 saturated heterocycles. The lowest BCUT2D eigenvalue weighted by Crippen LogP contribution is -2.48. The second-order valence-corrected chi connectivity index (χ2v) is 11.4. The van der Waals surface area contributed by atoms with Gasteiger partial charge in [-0.1, -0.05) is 18.2 Å². The van der Waals surface area contributed by atoms with E-state index in [-0.39, 0.29) is 0 Å². The number of hydrogen-bond donors (Lipinski definition) is 2. The van der Waals surface area contributed by atoms with Gasteiger partial charge in [0.05, 0.1) is 18.0 Å². The van der Waals surface area contributed by atoms with Crippen molar-refractivity contribution in [2.75, 3.05) is 12.8 Å². The molecule has 1 amide bonds. The van der Waals surface area contributed by atoms with Gasteiger partial charge in [0.2, 0.25) is 15.9 Å². The predicted molar refractivity (Wildman–Crippen MR) is 130 cm³/mol. The smallest absolute Gasteiger partial charge is 0.410 e. The summed E-state index contributed by atoms with van der Waals surface area (Å²) in [6.07, 6.45) is 1.60. The van der Waals surface area contributed by atoms with Crippen molar-refractivity contribution in [3.8, 4) is 11.6 Å². The predicted octanol–water partition coefficient (Wildman–Crippen LogP) is 3.11. The molecule has 186 valence electrons. The highest BCUT2D eigenvalue weighted by molar-refractivity contribution is 7.88. The van der Waals surface area contributed by atoms with Crippen molar-refractivity contribution in [2.24, 2.45) is 5.73 Å². The quantitative estimate of drug-likeness (QED) is 0.611. The maximum atomic E-state index is 12.9. The van der Waals surface area contributed by atoms with E-state index in [0.29, 0.717) is 37.6 Å². The molecule has 2 heterocycles. The number of sulfonamides is 1. The van der Waals surface area contributed by atoms with Crippen molar-refractivity contribution in [1.29, 1.82) is 0 Å². The van der Waals surface area contributed by atoms with Crippen LogP contribution >= 0.6 is 0 Å². The van der Waals surface area contributed by atoms with Crippen LogP contribution in [0.15, 0.2) is 36.4 Å². The first-order valence-corrected chi connectivity index (χ1v) is 13.1. The van der Waals surface area contributed by atoms with Crippen molar-refractivity contribution in [2.45, 2.75) is 64.8 Å². The molecule has 9 nitrogen and oxygen atoms in total. The largest absolute Gasteiger partial charge is 0.444 e. The minimum absolute atomic E-state index is 0.313. The Morgan fingerprint density at radius 1 is 1.26 bits per heavy atom. The maximum Gasteiger partial charge on any atom is 0.410 e. The molecule has 1 aromatic carbocycles. The lowest BCUT2D eigenvalue weighted by atomic mass is 10.0. The summed E-state index contributed by atoms with van der Waals surface area (Å²) >= 11 is 0. The SMILES string of the molecule is Cc1ccc(CN)nc1Oc1cccc(C[C@H]2[C@@H](NS(C)(=O)=O)CCN2C(=O)OC(C)(C)C)c1. The van der Waals surface area contributed by atoms with Crippen LogP contribution < -0.4 is 15.2 Å². The number of amides is 1. The van der Waals surface area contributed by atoms with Crippen molar-refractivity contribution in [3.05, 3.63) is 53.2 Å². The van der Waals surface area contributed by atoms with E-state index in [0.717, 1.165) is 23.1 Å². The van der Waals surface area contributed by atoms with Gasteiger partial charge in [0.25, 0.3) is 0 Å². The van der Waals surface area contributed by atoms with Gasteiger partial charge in [0, 0.05) is 24.7 Å². The normalized spacial score (nSPS) is 18.7. The van der Waals surface area contributed by atoms with Crippen LogP contribution in [0.5, 0.6) is 11.6 Å². The molecule has 1 fully saturated rings. The zero-order valence-corrected chi connectivity index (χ0v) is 21.2. The number of pyridine rings is 1. The third-order valence-corrected chi connectivity index (χ3v) is 6.15. The van der Waals surface area contributed by atoms with Crippen molar-refractivity contribution in [3.63, 3.8) is 0 Å². The van der Waals surface area contributed by atoms with E-state index in [4.69, 9.17) is 15.2 Å². The molecule has 1 aromatic heterocycles. The Bertz CT molecular complexity index is 1130. The Kier molecular flexibility index (Phi) is 7.84. The third-order valence-electron chi connectivity index (χ3n) is 5.41. The van der Waals surface area contributed by atoms with E-state index in [1.807, 2.05) is 43.3 Å². The molecule has 0 spiro atoms. The Labute approximate surface area is 201 Å². The maximum absolute atomic E-state index is 12.9. The molecule has 34 heavy (non-hydrogen) atoms. The van der Waals surface area contributed by atoms with Gasteiger partial charge < -0.3 is 20.1 Å². The van der Waals surface area contributed by atoms with Crippen LogP contribution in [0.4, 0.5) is 4.79 Å². The minimum atomic E-state index is -3.45. The molecule has 1 aliphatic heterocycles. The fourth-order valence-electron chi connectivity index (χ4n) is 3.92. The van der Waals surface area contributed by atoms with Crippen LogP contribution in [0.2, 0.25) is 0 Å². The number of carbonyl (C=O) groups excluding carboxylic acids is 1. The van der Waals surface area contributed by atoms with E-state index in [1.165, 1.54) is 0 Å². The molecule has 10 heteroatoms. The second-order valence-electron chi connectivity index (χ2n) is 9.61. The Balaban J connectivity index is 1.84. The molecule has 0 saturated carbocycles. The van der Waals surface area contributed by atoms with Crippen LogP contribution in [0, 0.1) is 6.92 Å². The van der Waals surface area contributed by atoms with Crippen LogP contribution in [0.25, 0.3) is 0 Å². The van der Waals surface area contributed by atoms with E-state index in [9.17, 15) is 13.2 Å². The molecular formula is C24H34N4O5S. The fraction of sp³-hybridized carbons (Fsp3) is 0.500. The summed E-state index contributed by atoms with van der Waals surface area (Å²) in [5.74, 6) is 1.07. The topological polar surface area (TPSA) is 124 Å².